The first-order chi connectivity index (χ1) is 5.27. The molecule has 3 nitrogen and oxygen atoms in total. The van der Waals surface area contributed by atoms with E-state index >= 15 is 0 Å². The summed E-state index contributed by atoms with van der Waals surface area (Å²) in [7, 11) is 1.94. The third-order valence-corrected chi connectivity index (χ3v) is 1.93. The maximum Gasteiger partial charge on any atom is 0.166 e. The van der Waals surface area contributed by atoms with Gasteiger partial charge in [0.1, 0.15) is 0 Å². The van der Waals surface area contributed by atoms with Gasteiger partial charge >= 0.3 is 0 Å². The fourth-order valence-corrected chi connectivity index (χ4v) is 1.17. The van der Waals surface area contributed by atoms with Gasteiger partial charge in [0.05, 0.1) is 13.2 Å². The molecule has 1 saturated heterocycles. The zero-order valence-electron chi connectivity index (χ0n) is 7.35. The zero-order valence-corrected chi connectivity index (χ0v) is 7.35. The molecule has 1 heterocycles. The summed E-state index contributed by atoms with van der Waals surface area (Å²) < 4.78 is 11.0. The van der Waals surface area contributed by atoms with E-state index < -0.39 is 0 Å². The third-order valence-electron chi connectivity index (χ3n) is 1.93. The van der Waals surface area contributed by atoms with Gasteiger partial charge in [-0.05, 0) is 26.9 Å². The summed E-state index contributed by atoms with van der Waals surface area (Å²) in [4.78, 5) is 0. The van der Waals surface area contributed by atoms with Crippen molar-refractivity contribution < 1.29 is 9.47 Å². The van der Waals surface area contributed by atoms with E-state index in [1.54, 1.807) is 0 Å². The average molecular weight is 159 g/mol. The van der Waals surface area contributed by atoms with Crippen molar-refractivity contribution in [3.05, 3.63) is 0 Å². The SMILES string of the molecule is CNCCC1(C)OCCCO1. The van der Waals surface area contributed by atoms with E-state index in [-0.39, 0.29) is 5.79 Å². The Hall–Kier alpha value is -0.120. The predicted molar refractivity (Wildman–Crippen MR) is 43.5 cm³/mol. The van der Waals surface area contributed by atoms with Crippen LogP contribution >= 0.6 is 0 Å². The van der Waals surface area contributed by atoms with Crippen LogP contribution in [0.4, 0.5) is 0 Å². The van der Waals surface area contributed by atoms with Gasteiger partial charge in [-0.1, -0.05) is 0 Å². The summed E-state index contributed by atoms with van der Waals surface area (Å²) in [5.74, 6) is -0.332. The van der Waals surface area contributed by atoms with E-state index in [1.165, 1.54) is 0 Å². The standard InChI is InChI=1S/C8H17NO2/c1-8(4-5-9-2)10-6-3-7-11-8/h9H,3-7H2,1-2H3. The molecule has 0 aromatic heterocycles. The summed E-state index contributed by atoms with van der Waals surface area (Å²) in [6.07, 6.45) is 1.94. The van der Waals surface area contributed by atoms with E-state index in [0.29, 0.717) is 0 Å². The Kier molecular flexibility index (Phi) is 3.30. The Bertz CT molecular complexity index is 111. The van der Waals surface area contributed by atoms with Crippen molar-refractivity contribution in [2.75, 3.05) is 26.8 Å². The number of hydrogen-bond acceptors (Lipinski definition) is 3. The van der Waals surface area contributed by atoms with Gasteiger partial charge in [0, 0.05) is 6.42 Å². The summed E-state index contributed by atoms with van der Waals surface area (Å²) in [5.41, 5.74) is 0. The molecule has 0 aromatic carbocycles. The largest absolute Gasteiger partial charge is 0.350 e. The molecule has 3 heteroatoms. The quantitative estimate of drug-likeness (QED) is 0.659. The molecule has 1 rings (SSSR count). The zero-order chi connectivity index (χ0) is 8.16. The topological polar surface area (TPSA) is 30.5 Å². The van der Waals surface area contributed by atoms with Crippen molar-refractivity contribution in [2.24, 2.45) is 0 Å². The maximum atomic E-state index is 5.51. The molecule has 66 valence electrons. The molecule has 1 fully saturated rings. The Balaban J connectivity index is 2.25. The fraction of sp³-hybridized carbons (Fsp3) is 1.00. The minimum atomic E-state index is -0.332. The Labute approximate surface area is 68.1 Å². The molecule has 0 radical (unpaired) electrons. The molecule has 0 unspecified atom stereocenters. The molecule has 0 bridgehead atoms. The second-order valence-corrected chi connectivity index (χ2v) is 3.04. The number of hydrogen-bond donors (Lipinski definition) is 1. The van der Waals surface area contributed by atoms with Crippen LogP contribution in [0.15, 0.2) is 0 Å². The van der Waals surface area contributed by atoms with Crippen LogP contribution in [0.25, 0.3) is 0 Å². The van der Waals surface area contributed by atoms with Crippen LogP contribution in [0.5, 0.6) is 0 Å². The Morgan fingerprint density at radius 1 is 1.36 bits per heavy atom. The van der Waals surface area contributed by atoms with Crippen LogP contribution in [-0.2, 0) is 9.47 Å². The Morgan fingerprint density at radius 2 is 2.00 bits per heavy atom. The van der Waals surface area contributed by atoms with E-state index in [1.807, 2.05) is 14.0 Å². The highest BCUT2D eigenvalue weighted by Gasteiger charge is 2.27. The van der Waals surface area contributed by atoms with Crippen LogP contribution in [0.3, 0.4) is 0 Å². The Morgan fingerprint density at radius 3 is 2.55 bits per heavy atom. The smallest absolute Gasteiger partial charge is 0.166 e. The number of nitrogens with one attached hydrogen (secondary N) is 1. The molecular weight excluding hydrogens is 142 g/mol. The summed E-state index contributed by atoms with van der Waals surface area (Å²) in [5, 5.41) is 3.08. The van der Waals surface area contributed by atoms with E-state index in [4.69, 9.17) is 9.47 Å². The lowest BCUT2D eigenvalue weighted by atomic mass is 10.2. The van der Waals surface area contributed by atoms with Crippen molar-refractivity contribution in [1.29, 1.82) is 0 Å². The number of rotatable bonds is 3. The summed E-state index contributed by atoms with van der Waals surface area (Å²) in [6.45, 7) is 4.61. The van der Waals surface area contributed by atoms with E-state index in [2.05, 4.69) is 5.32 Å². The molecule has 0 aliphatic carbocycles. The van der Waals surface area contributed by atoms with Crippen molar-refractivity contribution in [3.8, 4) is 0 Å². The molecule has 0 saturated carbocycles. The van der Waals surface area contributed by atoms with Crippen LogP contribution in [0.2, 0.25) is 0 Å². The van der Waals surface area contributed by atoms with Gasteiger partial charge in [0.25, 0.3) is 0 Å². The second-order valence-electron chi connectivity index (χ2n) is 3.04. The summed E-state index contributed by atoms with van der Waals surface area (Å²) >= 11 is 0. The first kappa shape index (κ1) is 8.97. The lowest BCUT2D eigenvalue weighted by Crippen LogP contribution is -2.39. The van der Waals surface area contributed by atoms with Crippen molar-refractivity contribution >= 4 is 0 Å². The van der Waals surface area contributed by atoms with Gasteiger partial charge in [-0.25, -0.2) is 0 Å². The van der Waals surface area contributed by atoms with E-state index in [0.717, 1.165) is 32.6 Å². The lowest BCUT2D eigenvalue weighted by Gasteiger charge is -2.33. The molecule has 0 aromatic rings. The average Bonchev–Trinajstić information content (AvgIpc) is 2.03. The van der Waals surface area contributed by atoms with Gasteiger partial charge < -0.3 is 14.8 Å². The van der Waals surface area contributed by atoms with Gasteiger partial charge in [-0.3, -0.25) is 0 Å². The molecule has 1 N–H and O–H groups in total. The third kappa shape index (κ3) is 2.77. The van der Waals surface area contributed by atoms with Gasteiger partial charge in [0.15, 0.2) is 5.79 Å². The molecule has 1 aliphatic heterocycles. The van der Waals surface area contributed by atoms with Crippen molar-refractivity contribution in [3.63, 3.8) is 0 Å². The fourth-order valence-electron chi connectivity index (χ4n) is 1.17. The molecule has 0 spiro atoms. The van der Waals surface area contributed by atoms with Gasteiger partial charge in [-0.15, -0.1) is 0 Å². The highest BCUT2D eigenvalue weighted by molar-refractivity contribution is 4.67. The highest BCUT2D eigenvalue weighted by atomic mass is 16.7. The van der Waals surface area contributed by atoms with Crippen LogP contribution in [0, 0.1) is 0 Å². The van der Waals surface area contributed by atoms with Crippen LogP contribution < -0.4 is 5.32 Å². The molecule has 0 atom stereocenters. The minimum absolute atomic E-state index is 0.332. The van der Waals surface area contributed by atoms with Crippen LogP contribution in [0.1, 0.15) is 19.8 Å². The van der Waals surface area contributed by atoms with Crippen molar-refractivity contribution in [1.82, 2.24) is 5.32 Å². The maximum absolute atomic E-state index is 5.51. The molecule has 11 heavy (non-hydrogen) atoms. The lowest BCUT2D eigenvalue weighted by molar-refractivity contribution is -0.258. The normalized spacial score (nSPS) is 23.5. The van der Waals surface area contributed by atoms with E-state index in [9.17, 15) is 0 Å². The molecule has 0 amide bonds. The minimum Gasteiger partial charge on any atom is -0.350 e. The number of ether oxygens (including phenoxy) is 2. The van der Waals surface area contributed by atoms with Crippen LogP contribution in [-0.4, -0.2) is 32.6 Å². The van der Waals surface area contributed by atoms with Gasteiger partial charge in [-0.2, -0.15) is 0 Å². The van der Waals surface area contributed by atoms with Crippen molar-refractivity contribution in [2.45, 2.75) is 25.6 Å². The monoisotopic (exact) mass is 159 g/mol. The first-order valence-corrected chi connectivity index (χ1v) is 4.19. The summed E-state index contributed by atoms with van der Waals surface area (Å²) in [6, 6.07) is 0. The highest BCUT2D eigenvalue weighted by Crippen LogP contribution is 2.20. The molecule has 1 aliphatic rings. The second kappa shape index (κ2) is 4.04. The van der Waals surface area contributed by atoms with Gasteiger partial charge in [0.2, 0.25) is 0 Å². The first-order valence-electron chi connectivity index (χ1n) is 4.19. The molecular formula is C8H17NO2. The predicted octanol–water partition coefficient (Wildman–Crippen LogP) is 0.749.